The van der Waals surface area contributed by atoms with Crippen LogP contribution in [0.4, 0.5) is 0 Å². The Labute approximate surface area is 74.3 Å². The number of hydrogen-bond acceptors (Lipinski definition) is 0. The van der Waals surface area contributed by atoms with Crippen LogP contribution in [0.1, 0.15) is 38.5 Å². The van der Waals surface area contributed by atoms with Crippen LogP contribution in [0.3, 0.4) is 0 Å². The SMILES string of the molecule is ClC1CCC2[CH]CCCC2C1. The van der Waals surface area contributed by atoms with Gasteiger partial charge in [0.15, 0.2) is 0 Å². The van der Waals surface area contributed by atoms with Gasteiger partial charge in [0, 0.05) is 5.38 Å². The van der Waals surface area contributed by atoms with Gasteiger partial charge in [-0.15, -0.1) is 11.6 Å². The molecular weight excluding hydrogens is 156 g/mol. The summed E-state index contributed by atoms with van der Waals surface area (Å²) in [6.45, 7) is 0. The van der Waals surface area contributed by atoms with Crippen molar-refractivity contribution in [1.82, 2.24) is 0 Å². The molecule has 0 heterocycles. The van der Waals surface area contributed by atoms with Gasteiger partial charge in [-0.2, -0.15) is 0 Å². The van der Waals surface area contributed by atoms with Gasteiger partial charge in [-0.3, -0.25) is 0 Å². The maximum absolute atomic E-state index is 6.12. The maximum Gasteiger partial charge on any atom is 0.0338 e. The number of rotatable bonds is 0. The normalized spacial score (nSPS) is 45.0. The third-order valence-electron chi connectivity index (χ3n) is 3.23. The number of fused-ring (bicyclic) bond motifs is 1. The standard InChI is InChI=1S/C10H16Cl/c11-10-6-5-8-3-1-2-4-9(8)7-10/h3,8-10H,1-2,4-7H2. The molecule has 0 aromatic rings. The molecule has 63 valence electrons. The highest BCUT2D eigenvalue weighted by atomic mass is 35.5. The van der Waals surface area contributed by atoms with Crippen molar-refractivity contribution in [1.29, 1.82) is 0 Å². The van der Waals surface area contributed by atoms with E-state index >= 15 is 0 Å². The molecule has 1 heteroatoms. The predicted octanol–water partition coefficient (Wildman–Crippen LogP) is 3.40. The largest absolute Gasteiger partial charge is 0.123 e. The molecule has 3 atom stereocenters. The van der Waals surface area contributed by atoms with E-state index in [-0.39, 0.29) is 0 Å². The summed E-state index contributed by atoms with van der Waals surface area (Å²) in [6.07, 6.45) is 10.6. The molecule has 3 unspecified atom stereocenters. The molecule has 2 aliphatic carbocycles. The van der Waals surface area contributed by atoms with Crippen molar-refractivity contribution in [3.63, 3.8) is 0 Å². The van der Waals surface area contributed by atoms with E-state index in [2.05, 4.69) is 6.42 Å². The van der Waals surface area contributed by atoms with Crippen LogP contribution in [0.15, 0.2) is 0 Å². The highest BCUT2D eigenvalue weighted by molar-refractivity contribution is 6.20. The third-order valence-corrected chi connectivity index (χ3v) is 3.62. The lowest BCUT2D eigenvalue weighted by molar-refractivity contribution is 0.221. The highest BCUT2D eigenvalue weighted by Crippen LogP contribution is 2.41. The third kappa shape index (κ3) is 1.72. The average Bonchev–Trinajstić information content (AvgIpc) is 2.04. The summed E-state index contributed by atoms with van der Waals surface area (Å²) >= 11 is 6.12. The van der Waals surface area contributed by atoms with Crippen molar-refractivity contribution in [2.75, 3.05) is 0 Å². The lowest BCUT2D eigenvalue weighted by Gasteiger charge is -2.37. The van der Waals surface area contributed by atoms with Crippen molar-refractivity contribution < 1.29 is 0 Å². The molecule has 0 saturated heterocycles. The van der Waals surface area contributed by atoms with E-state index in [1.165, 1.54) is 38.5 Å². The van der Waals surface area contributed by atoms with Crippen molar-refractivity contribution in [3.05, 3.63) is 6.42 Å². The van der Waals surface area contributed by atoms with Crippen LogP contribution in [0.25, 0.3) is 0 Å². The Morgan fingerprint density at radius 2 is 2.09 bits per heavy atom. The summed E-state index contributed by atoms with van der Waals surface area (Å²) in [5, 5.41) is 0.489. The van der Waals surface area contributed by atoms with Crippen LogP contribution in [0.2, 0.25) is 0 Å². The van der Waals surface area contributed by atoms with E-state index in [1.54, 1.807) is 0 Å². The van der Waals surface area contributed by atoms with Gasteiger partial charge in [-0.25, -0.2) is 0 Å². The molecule has 11 heavy (non-hydrogen) atoms. The Balaban J connectivity index is 1.93. The van der Waals surface area contributed by atoms with E-state index in [0.717, 1.165) is 11.8 Å². The molecule has 0 aromatic carbocycles. The summed E-state index contributed by atoms with van der Waals surface area (Å²) in [5.74, 6) is 1.87. The minimum Gasteiger partial charge on any atom is -0.123 e. The number of halogens is 1. The molecule has 1 radical (unpaired) electrons. The van der Waals surface area contributed by atoms with Crippen LogP contribution in [0, 0.1) is 18.3 Å². The van der Waals surface area contributed by atoms with Gasteiger partial charge >= 0.3 is 0 Å². The fraction of sp³-hybridized carbons (Fsp3) is 0.900. The number of alkyl halides is 1. The highest BCUT2D eigenvalue weighted by Gasteiger charge is 2.31. The molecule has 0 bridgehead atoms. The topological polar surface area (TPSA) is 0 Å². The summed E-state index contributed by atoms with van der Waals surface area (Å²) in [7, 11) is 0. The summed E-state index contributed by atoms with van der Waals surface area (Å²) < 4.78 is 0. The van der Waals surface area contributed by atoms with Crippen molar-refractivity contribution in [2.45, 2.75) is 43.9 Å². The lowest BCUT2D eigenvalue weighted by atomic mass is 9.71. The Morgan fingerprint density at radius 3 is 3.00 bits per heavy atom. The molecule has 0 amide bonds. The van der Waals surface area contributed by atoms with E-state index in [4.69, 9.17) is 11.6 Å². The molecule has 2 saturated carbocycles. The van der Waals surface area contributed by atoms with E-state index < -0.39 is 0 Å². The molecule has 0 aromatic heterocycles. The van der Waals surface area contributed by atoms with Gasteiger partial charge in [0.05, 0.1) is 0 Å². The van der Waals surface area contributed by atoms with E-state index in [0.29, 0.717) is 5.38 Å². The fourth-order valence-electron chi connectivity index (χ4n) is 2.58. The van der Waals surface area contributed by atoms with Gasteiger partial charge in [0.2, 0.25) is 0 Å². The van der Waals surface area contributed by atoms with Crippen molar-refractivity contribution in [3.8, 4) is 0 Å². The second-order valence-electron chi connectivity index (χ2n) is 4.00. The number of hydrogen-bond donors (Lipinski definition) is 0. The van der Waals surface area contributed by atoms with Gasteiger partial charge in [0.1, 0.15) is 0 Å². The summed E-state index contributed by atoms with van der Waals surface area (Å²) in [4.78, 5) is 0. The fourth-order valence-corrected chi connectivity index (χ4v) is 2.94. The Morgan fingerprint density at radius 1 is 1.18 bits per heavy atom. The smallest absolute Gasteiger partial charge is 0.0338 e. The lowest BCUT2D eigenvalue weighted by Crippen LogP contribution is -2.28. The maximum atomic E-state index is 6.12. The zero-order chi connectivity index (χ0) is 7.68. The average molecular weight is 172 g/mol. The predicted molar refractivity (Wildman–Crippen MR) is 48.6 cm³/mol. The van der Waals surface area contributed by atoms with Gasteiger partial charge in [0.25, 0.3) is 0 Å². The van der Waals surface area contributed by atoms with Crippen LogP contribution in [-0.2, 0) is 0 Å². The zero-order valence-corrected chi connectivity index (χ0v) is 7.69. The van der Waals surface area contributed by atoms with Crippen LogP contribution in [-0.4, -0.2) is 5.38 Å². The van der Waals surface area contributed by atoms with Crippen LogP contribution < -0.4 is 0 Å². The van der Waals surface area contributed by atoms with E-state index in [9.17, 15) is 0 Å². The first-order valence-corrected chi connectivity index (χ1v) is 5.27. The first-order valence-electron chi connectivity index (χ1n) is 4.83. The quantitative estimate of drug-likeness (QED) is 0.490. The van der Waals surface area contributed by atoms with Crippen molar-refractivity contribution in [2.24, 2.45) is 11.8 Å². The molecule has 0 nitrogen and oxygen atoms in total. The summed E-state index contributed by atoms with van der Waals surface area (Å²) in [6, 6.07) is 0. The first kappa shape index (κ1) is 7.91. The molecule has 2 fully saturated rings. The Kier molecular flexibility index (Phi) is 2.41. The second kappa shape index (κ2) is 3.35. The van der Waals surface area contributed by atoms with Crippen LogP contribution >= 0.6 is 11.6 Å². The van der Waals surface area contributed by atoms with Gasteiger partial charge in [-0.1, -0.05) is 12.8 Å². The summed E-state index contributed by atoms with van der Waals surface area (Å²) in [5.41, 5.74) is 0. The van der Waals surface area contributed by atoms with Crippen molar-refractivity contribution >= 4 is 11.6 Å². The minimum atomic E-state index is 0.489. The second-order valence-corrected chi connectivity index (χ2v) is 4.62. The Hall–Kier alpha value is 0.290. The minimum absolute atomic E-state index is 0.489. The first-order chi connectivity index (χ1) is 5.36. The van der Waals surface area contributed by atoms with Gasteiger partial charge < -0.3 is 0 Å². The molecular formula is C10H16Cl. The molecule has 0 spiro atoms. The zero-order valence-electron chi connectivity index (χ0n) is 6.93. The Bertz CT molecular complexity index is 133. The molecule has 0 aliphatic heterocycles. The van der Waals surface area contributed by atoms with Gasteiger partial charge in [-0.05, 0) is 43.9 Å². The molecule has 0 N–H and O–H groups in total. The van der Waals surface area contributed by atoms with E-state index in [1.807, 2.05) is 0 Å². The molecule has 2 aliphatic rings. The molecule has 2 rings (SSSR count). The monoisotopic (exact) mass is 171 g/mol. The van der Waals surface area contributed by atoms with Crippen LogP contribution in [0.5, 0.6) is 0 Å².